The minimum atomic E-state index is -4.83. The molecular weight excluding hydrogens is 227 g/mol. The molecule has 0 amide bonds. The Balaban J connectivity index is 3.11. The van der Waals surface area contributed by atoms with Gasteiger partial charge in [-0.1, -0.05) is 5.11 Å². The van der Waals surface area contributed by atoms with E-state index in [4.69, 9.17) is 5.53 Å². The molecule has 86 valence electrons. The van der Waals surface area contributed by atoms with Crippen molar-refractivity contribution in [2.24, 2.45) is 5.11 Å². The van der Waals surface area contributed by atoms with Crippen LogP contribution in [0.4, 0.5) is 18.9 Å². The normalized spacial score (nSPS) is 10.5. The summed E-state index contributed by atoms with van der Waals surface area (Å²) in [4.78, 5) is 2.45. The molecule has 0 aromatic heterocycles. The van der Waals surface area contributed by atoms with Crippen molar-refractivity contribution < 1.29 is 22.6 Å². The van der Waals surface area contributed by atoms with E-state index >= 15 is 0 Å². The van der Waals surface area contributed by atoms with Gasteiger partial charge in [0.25, 0.3) is 0 Å². The molecule has 0 unspecified atom stereocenters. The minimum absolute atomic E-state index is 0.00236. The van der Waals surface area contributed by atoms with Gasteiger partial charge in [-0.2, -0.15) is 0 Å². The highest BCUT2D eigenvalue weighted by molar-refractivity contribution is 5.51. The van der Waals surface area contributed by atoms with Gasteiger partial charge in [-0.3, -0.25) is 0 Å². The first-order chi connectivity index (χ1) is 7.46. The van der Waals surface area contributed by atoms with Crippen LogP contribution >= 0.6 is 0 Å². The first-order valence-corrected chi connectivity index (χ1v) is 3.95. The van der Waals surface area contributed by atoms with Gasteiger partial charge in [0.15, 0.2) is 11.5 Å². The predicted octanol–water partition coefficient (Wildman–Crippen LogP) is 3.54. The summed E-state index contributed by atoms with van der Waals surface area (Å²) in [6, 6.07) is 3.46. The second-order valence-electron chi connectivity index (χ2n) is 2.57. The van der Waals surface area contributed by atoms with Crippen molar-refractivity contribution in [3.05, 3.63) is 28.6 Å². The average molecular weight is 233 g/mol. The Hall–Kier alpha value is -2.08. The summed E-state index contributed by atoms with van der Waals surface area (Å²) >= 11 is 0. The van der Waals surface area contributed by atoms with Gasteiger partial charge in [0.1, 0.15) is 0 Å². The van der Waals surface area contributed by atoms with Crippen LogP contribution in [0.2, 0.25) is 0 Å². The van der Waals surface area contributed by atoms with E-state index in [9.17, 15) is 13.2 Å². The van der Waals surface area contributed by atoms with Crippen LogP contribution in [0.5, 0.6) is 11.5 Å². The van der Waals surface area contributed by atoms with Crippen molar-refractivity contribution in [3.63, 3.8) is 0 Å². The van der Waals surface area contributed by atoms with Crippen LogP contribution in [0, 0.1) is 0 Å². The zero-order valence-corrected chi connectivity index (χ0v) is 8.02. The molecule has 0 atom stereocenters. The van der Waals surface area contributed by atoms with Crippen LogP contribution in [0.1, 0.15) is 0 Å². The van der Waals surface area contributed by atoms with Gasteiger partial charge in [-0.15, -0.1) is 13.2 Å². The van der Waals surface area contributed by atoms with Crippen molar-refractivity contribution >= 4 is 5.69 Å². The van der Waals surface area contributed by atoms with E-state index in [1.165, 1.54) is 19.2 Å². The average Bonchev–Trinajstić information content (AvgIpc) is 2.16. The Morgan fingerprint density at radius 2 is 2.00 bits per heavy atom. The third-order valence-corrected chi connectivity index (χ3v) is 1.53. The lowest BCUT2D eigenvalue weighted by Crippen LogP contribution is -2.17. The maximum absolute atomic E-state index is 12.0. The van der Waals surface area contributed by atoms with E-state index in [0.29, 0.717) is 0 Å². The molecule has 0 aliphatic rings. The molecule has 5 nitrogen and oxygen atoms in total. The minimum Gasteiger partial charge on any atom is -0.493 e. The monoisotopic (exact) mass is 233 g/mol. The van der Waals surface area contributed by atoms with Crippen molar-refractivity contribution in [2.75, 3.05) is 7.11 Å². The second-order valence-corrected chi connectivity index (χ2v) is 2.57. The van der Waals surface area contributed by atoms with Crippen LogP contribution < -0.4 is 9.47 Å². The van der Waals surface area contributed by atoms with Crippen LogP contribution in [0.3, 0.4) is 0 Å². The Morgan fingerprint density at radius 1 is 1.31 bits per heavy atom. The Bertz CT molecular complexity index is 427. The van der Waals surface area contributed by atoms with E-state index in [1.807, 2.05) is 0 Å². The lowest BCUT2D eigenvalue weighted by atomic mass is 10.3. The Kier molecular flexibility index (Phi) is 3.47. The zero-order valence-electron chi connectivity index (χ0n) is 8.02. The predicted molar refractivity (Wildman–Crippen MR) is 48.5 cm³/mol. The zero-order chi connectivity index (χ0) is 12.2. The number of hydrogen-bond acceptors (Lipinski definition) is 3. The molecule has 0 N–H and O–H groups in total. The second kappa shape index (κ2) is 4.63. The van der Waals surface area contributed by atoms with Gasteiger partial charge in [0.2, 0.25) is 0 Å². The largest absolute Gasteiger partial charge is 0.573 e. The van der Waals surface area contributed by atoms with Crippen molar-refractivity contribution in [1.82, 2.24) is 0 Å². The molecule has 0 saturated carbocycles. The van der Waals surface area contributed by atoms with Crippen molar-refractivity contribution in [2.45, 2.75) is 6.36 Å². The molecule has 0 aliphatic carbocycles. The quantitative estimate of drug-likeness (QED) is 0.455. The van der Waals surface area contributed by atoms with Crippen LogP contribution in [0.15, 0.2) is 23.3 Å². The molecule has 0 aliphatic heterocycles. The molecule has 1 rings (SSSR count). The Morgan fingerprint density at radius 3 is 2.50 bits per heavy atom. The fraction of sp³-hybridized carbons (Fsp3) is 0.250. The summed E-state index contributed by atoms with van der Waals surface area (Å²) in [5, 5.41) is 3.15. The topological polar surface area (TPSA) is 67.2 Å². The van der Waals surface area contributed by atoms with Gasteiger partial charge in [0, 0.05) is 10.6 Å². The number of halogens is 3. The first-order valence-electron chi connectivity index (χ1n) is 3.95. The fourth-order valence-corrected chi connectivity index (χ4v) is 0.984. The van der Waals surface area contributed by atoms with Crippen LogP contribution in [-0.2, 0) is 0 Å². The van der Waals surface area contributed by atoms with Gasteiger partial charge >= 0.3 is 6.36 Å². The molecule has 0 bridgehead atoms. The number of rotatable bonds is 3. The van der Waals surface area contributed by atoms with E-state index < -0.39 is 12.1 Å². The number of benzene rings is 1. The van der Waals surface area contributed by atoms with Gasteiger partial charge < -0.3 is 9.47 Å². The summed E-state index contributed by atoms with van der Waals surface area (Å²) in [5.41, 5.74) is 8.14. The number of alkyl halides is 3. The van der Waals surface area contributed by atoms with E-state index in [1.54, 1.807) is 0 Å². The lowest BCUT2D eigenvalue weighted by Gasteiger charge is -2.12. The number of methoxy groups -OCH3 is 1. The fourth-order valence-electron chi connectivity index (χ4n) is 0.984. The maximum Gasteiger partial charge on any atom is 0.573 e. The molecule has 0 fully saturated rings. The first kappa shape index (κ1) is 12.0. The third kappa shape index (κ3) is 3.25. The van der Waals surface area contributed by atoms with Crippen LogP contribution in [0.25, 0.3) is 10.4 Å². The van der Waals surface area contributed by atoms with Gasteiger partial charge in [-0.05, 0) is 23.7 Å². The molecule has 0 spiro atoms. The van der Waals surface area contributed by atoms with Crippen molar-refractivity contribution in [1.29, 1.82) is 0 Å². The van der Waals surface area contributed by atoms with Crippen molar-refractivity contribution in [3.8, 4) is 11.5 Å². The number of nitrogens with zero attached hydrogens (tertiary/aromatic N) is 3. The SMILES string of the molecule is COc1ccc(N=[N+]=[N-])cc1OC(F)(F)F. The molecule has 8 heteroatoms. The molecular formula is C8H6F3N3O2. The third-order valence-electron chi connectivity index (χ3n) is 1.53. The molecule has 16 heavy (non-hydrogen) atoms. The summed E-state index contributed by atoms with van der Waals surface area (Å²) < 4.78 is 44.3. The van der Waals surface area contributed by atoms with E-state index in [2.05, 4.69) is 19.5 Å². The van der Waals surface area contributed by atoms with E-state index in [0.717, 1.165) is 6.07 Å². The molecule has 0 radical (unpaired) electrons. The van der Waals surface area contributed by atoms with Gasteiger partial charge in [-0.25, -0.2) is 0 Å². The molecule has 0 heterocycles. The maximum atomic E-state index is 12.0. The summed E-state index contributed by atoms with van der Waals surface area (Å²) in [6.45, 7) is 0. The van der Waals surface area contributed by atoms with E-state index in [-0.39, 0.29) is 11.4 Å². The number of hydrogen-bond donors (Lipinski definition) is 0. The molecule has 1 aromatic carbocycles. The lowest BCUT2D eigenvalue weighted by molar-refractivity contribution is -0.275. The standard InChI is InChI=1S/C8H6F3N3O2/c1-15-6-3-2-5(13-14-12)4-7(6)16-8(9,10)11/h2-4H,1H3. The molecule has 0 saturated heterocycles. The highest BCUT2D eigenvalue weighted by Gasteiger charge is 2.32. The summed E-state index contributed by atoms with van der Waals surface area (Å²) in [7, 11) is 1.20. The summed E-state index contributed by atoms with van der Waals surface area (Å²) in [5.74, 6) is -0.658. The highest BCUT2D eigenvalue weighted by Crippen LogP contribution is 2.35. The molecule has 1 aromatic rings. The van der Waals surface area contributed by atoms with Gasteiger partial charge in [0.05, 0.1) is 7.11 Å². The highest BCUT2D eigenvalue weighted by atomic mass is 19.4. The number of ether oxygens (including phenoxy) is 2. The Labute approximate surface area is 88.0 Å². The smallest absolute Gasteiger partial charge is 0.493 e. The number of azide groups is 1. The van der Waals surface area contributed by atoms with Crippen LogP contribution in [-0.4, -0.2) is 13.5 Å². The summed E-state index contributed by atoms with van der Waals surface area (Å²) in [6.07, 6.45) is -4.83.